The molecule has 0 saturated carbocycles. The standard InChI is InChI=1S/C30H39N5O7/c1-18(2)26(30(41)42)34-29(40)24-9-6-14-35(24)25(37)17-32-28(39)23(16-20-10-12-21(36)13-11-20)33-27(38)22(31)15-19-7-4-3-5-8-19/h3-5,7-8,10-13,18,22-24,26,36H,6,9,14-17,31H2,1-2H3,(H,32,39)(H,33,38)(H,34,40)(H,41,42)/t22-,23-,24-,26-/m0/s1. The molecule has 2 aromatic carbocycles. The van der Waals surface area contributed by atoms with Crippen molar-refractivity contribution in [3.63, 3.8) is 0 Å². The molecule has 1 aliphatic rings. The summed E-state index contributed by atoms with van der Waals surface area (Å²) in [5.74, 6) is -3.69. The van der Waals surface area contributed by atoms with E-state index in [-0.39, 0.29) is 31.1 Å². The Hall–Kier alpha value is -4.45. The highest BCUT2D eigenvalue weighted by molar-refractivity contribution is 5.94. The lowest BCUT2D eigenvalue weighted by Gasteiger charge is -2.27. The molecule has 12 heteroatoms. The highest BCUT2D eigenvalue weighted by Gasteiger charge is 2.36. The van der Waals surface area contributed by atoms with E-state index in [4.69, 9.17) is 5.73 Å². The fraction of sp³-hybridized carbons (Fsp3) is 0.433. The van der Waals surface area contributed by atoms with E-state index in [9.17, 15) is 34.2 Å². The molecule has 42 heavy (non-hydrogen) atoms. The Kier molecular flexibility index (Phi) is 11.4. The van der Waals surface area contributed by atoms with Gasteiger partial charge in [0.05, 0.1) is 12.6 Å². The zero-order valence-corrected chi connectivity index (χ0v) is 23.8. The molecule has 0 spiro atoms. The Bertz CT molecular complexity index is 1250. The largest absolute Gasteiger partial charge is 0.508 e. The van der Waals surface area contributed by atoms with E-state index in [0.717, 1.165) is 5.56 Å². The summed E-state index contributed by atoms with van der Waals surface area (Å²) in [6.45, 7) is 3.21. The highest BCUT2D eigenvalue weighted by Crippen LogP contribution is 2.18. The van der Waals surface area contributed by atoms with Gasteiger partial charge < -0.3 is 36.8 Å². The summed E-state index contributed by atoms with van der Waals surface area (Å²) in [6, 6.07) is 11.4. The van der Waals surface area contributed by atoms with Crippen molar-refractivity contribution in [2.24, 2.45) is 11.7 Å². The number of nitrogens with two attached hydrogens (primary N) is 1. The molecule has 1 fully saturated rings. The number of carboxylic acids is 1. The van der Waals surface area contributed by atoms with Gasteiger partial charge in [-0.15, -0.1) is 0 Å². The first kappa shape index (κ1) is 32.1. The Balaban J connectivity index is 1.65. The second-order valence-electron chi connectivity index (χ2n) is 10.8. The minimum absolute atomic E-state index is 0.0477. The first-order valence-corrected chi connectivity index (χ1v) is 13.9. The highest BCUT2D eigenvalue weighted by atomic mass is 16.4. The van der Waals surface area contributed by atoms with E-state index >= 15 is 0 Å². The molecule has 7 N–H and O–H groups in total. The number of carbonyl (C=O) groups excluding carboxylic acids is 4. The van der Waals surface area contributed by atoms with Gasteiger partial charge in [0.25, 0.3) is 0 Å². The topological polar surface area (TPSA) is 191 Å². The molecule has 0 radical (unpaired) electrons. The molecular formula is C30H39N5O7. The van der Waals surface area contributed by atoms with Crippen molar-refractivity contribution in [3.8, 4) is 5.75 Å². The Labute approximate surface area is 244 Å². The molecule has 1 aliphatic heterocycles. The number of aromatic hydroxyl groups is 1. The fourth-order valence-corrected chi connectivity index (χ4v) is 4.80. The van der Waals surface area contributed by atoms with E-state index in [1.807, 2.05) is 30.3 Å². The lowest BCUT2D eigenvalue weighted by molar-refractivity contribution is -0.145. The SMILES string of the molecule is CC(C)[C@H](NC(=O)[C@@H]1CCCN1C(=O)CNC(=O)[C@H](Cc1ccc(O)cc1)NC(=O)[C@@H](N)Cc1ccccc1)C(=O)O. The van der Waals surface area contributed by atoms with Crippen LogP contribution < -0.4 is 21.7 Å². The zero-order valence-electron chi connectivity index (χ0n) is 23.8. The van der Waals surface area contributed by atoms with Crippen LogP contribution in [0.1, 0.15) is 37.8 Å². The van der Waals surface area contributed by atoms with Gasteiger partial charge in [-0.05, 0) is 48.4 Å². The van der Waals surface area contributed by atoms with Gasteiger partial charge in [-0.3, -0.25) is 19.2 Å². The second-order valence-corrected chi connectivity index (χ2v) is 10.8. The number of aliphatic carboxylic acids is 1. The normalized spacial score (nSPS) is 16.8. The van der Waals surface area contributed by atoms with Crippen LogP contribution in [-0.4, -0.2) is 82.0 Å². The van der Waals surface area contributed by atoms with Crippen molar-refractivity contribution in [1.29, 1.82) is 0 Å². The molecule has 1 saturated heterocycles. The minimum atomic E-state index is -1.16. The number of nitrogens with zero attached hydrogens (tertiary/aromatic N) is 1. The van der Waals surface area contributed by atoms with Gasteiger partial charge in [-0.1, -0.05) is 56.3 Å². The molecule has 0 aromatic heterocycles. The van der Waals surface area contributed by atoms with Gasteiger partial charge in [-0.25, -0.2) is 4.79 Å². The number of amides is 4. The average molecular weight is 582 g/mol. The van der Waals surface area contributed by atoms with Crippen LogP contribution in [0.4, 0.5) is 0 Å². The molecule has 1 heterocycles. The maximum Gasteiger partial charge on any atom is 0.326 e. The van der Waals surface area contributed by atoms with E-state index in [1.165, 1.54) is 17.0 Å². The minimum Gasteiger partial charge on any atom is -0.508 e. The van der Waals surface area contributed by atoms with E-state index in [0.29, 0.717) is 18.4 Å². The lowest BCUT2D eigenvalue weighted by Crippen LogP contribution is -2.55. The number of rotatable bonds is 13. The van der Waals surface area contributed by atoms with Crippen LogP contribution in [0.25, 0.3) is 0 Å². The van der Waals surface area contributed by atoms with Crippen molar-refractivity contribution < 1.29 is 34.2 Å². The van der Waals surface area contributed by atoms with Crippen LogP contribution in [0, 0.1) is 5.92 Å². The summed E-state index contributed by atoms with van der Waals surface area (Å²) in [6.07, 6.45) is 1.26. The number of hydrogen-bond acceptors (Lipinski definition) is 7. The molecule has 3 rings (SSSR count). The summed E-state index contributed by atoms with van der Waals surface area (Å²) in [4.78, 5) is 64.9. The van der Waals surface area contributed by atoms with Crippen LogP contribution in [0.2, 0.25) is 0 Å². The molecule has 4 amide bonds. The number of phenolic OH excluding ortho intramolecular Hbond substituents is 1. The van der Waals surface area contributed by atoms with E-state index < -0.39 is 60.3 Å². The quantitative estimate of drug-likeness (QED) is 0.195. The third-order valence-corrected chi connectivity index (χ3v) is 7.16. The van der Waals surface area contributed by atoms with Crippen molar-refractivity contribution in [1.82, 2.24) is 20.9 Å². The molecule has 2 aromatic rings. The smallest absolute Gasteiger partial charge is 0.326 e. The summed E-state index contributed by atoms with van der Waals surface area (Å²) >= 11 is 0. The van der Waals surface area contributed by atoms with Crippen molar-refractivity contribution in [3.05, 3.63) is 65.7 Å². The monoisotopic (exact) mass is 581 g/mol. The van der Waals surface area contributed by atoms with Gasteiger partial charge in [-0.2, -0.15) is 0 Å². The number of likely N-dealkylation sites (tertiary alicyclic amines) is 1. The van der Waals surface area contributed by atoms with Crippen LogP contribution in [0.15, 0.2) is 54.6 Å². The van der Waals surface area contributed by atoms with Crippen LogP contribution >= 0.6 is 0 Å². The third-order valence-electron chi connectivity index (χ3n) is 7.16. The van der Waals surface area contributed by atoms with E-state index in [2.05, 4.69) is 16.0 Å². The third kappa shape index (κ3) is 9.03. The number of phenols is 1. The van der Waals surface area contributed by atoms with E-state index in [1.54, 1.807) is 26.0 Å². The number of carbonyl (C=O) groups is 5. The van der Waals surface area contributed by atoms with Crippen LogP contribution in [-0.2, 0) is 36.8 Å². The molecule has 0 aliphatic carbocycles. The Morgan fingerprint density at radius 1 is 0.929 bits per heavy atom. The number of nitrogens with one attached hydrogen (secondary N) is 3. The van der Waals surface area contributed by atoms with Crippen molar-refractivity contribution >= 4 is 29.6 Å². The van der Waals surface area contributed by atoms with Gasteiger partial charge >= 0.3 is 5.97 Å². The van der Waals surface area contributed by atoms with Crippen molar-refractivity contribution in [2.75, 3.05) is 13.1 Å². The second kappa shape index (κ2) is 15.0. The summed E-state index contributed by atoms with van der Waals surface area (Å²) < 4.78 is 0. The maximum atomic E-state index is 13.2. The molecular weight excluding hydrogens is 542 g/mol. The average Bonchev–Trinajstić information content (AvgIpc) is 3.45. The van der Waals surface area contributed by atoms with Gasteiger partial charge in [0.1, 0.15) is 23.9 Å². The summed E-state index contributed by atoms with van der Waals surface area (Å²) in [5.41, 5.74) is 7.64. The zero-order chi connectivity index (χ0) is 30.8. The van der Waals surface area contributed by atoms with Crippen molar-refractivity contribution in [2.45, 2.75) is 63.7 Å². The number of benzene rings is 2. The molecule has 226 valence electrons. The number of carboxylic acid groups (broad SMARTS) is 1. The predicted octanol–water partition coefficient (Wildman–Crippen LogP) is 0.322. The summed E-state index contributed by atoms with van der Waals surface area (Å²) in [5, 5.41) is 26.8. The van der Waals surface area contributed by atoms with Crippen LogP contribution in [0.5, 0.6) is 5.75 Å². The maximum absolute atomic E-state index is 13.2. The Morgan fingerprint density at radius 3 is 2.19 bits per heavy atom. The summed E-state index contributed by atoms with van der Waals surface area (Å²) in [7, 11) is 0. The predicted molar refractivity (Wildman–Crippen MR) is 154 cm³/mol. The molecule has 12 nitrogen and oxygen atoms in total. The van der Waals surface area contributed by atoms with Gasteiger partial charge in [0, 0.05) is 13.0 Å². The van der Waals surface area contributed by atoms with Crippen LogP contribution in [0.3, 0.4) is 0 Å². The number of hydrogen-bond donors (Lipinski definition) is 6. The van der Waals surface area contributed by atoms with Gasteiger partial charge in [0.2, 0.25) is 23.6 Å². The Morgan fingerprint density at radius 2 is 1.57 bits per heavy atom. The van der Waals surface area contributed by atoms with Gasteiger partial charge in [0.15, 0.2) is 0 Å². The molecule has 0 bridgehead atoms. The lowest BCUT2D eigenvalue weighted by atomic mass is 10.0. The molecule has 0 unspecified atom stereocenters. The first-order valence-electron chi connectivity index (χ1n) is 13.9. The fourth-order valence-electron chi connectivity index (χ4n) is 4.80. The molecule has 4 atom stereocenters. The first-order chi connectivity index (χ1) is 20.0.